The fourth-order valence-electron chi connectivity index (χ4n) is 2.55. The molecule has 0 spiro atoms. The Hall–Kier alpha value is -2.36. The van der Waals surface area contributed by atoms with Gasteiger partial charge in [0.05, 0.1) is 12.7 Å². The minimum Gasteiger partial charge on any atom is -0.495 e. The average molecular weight is 452 g/mol. The van der Waals surface area contributed by atoms with E-state index in [0.29, 0.717) is 5.56 Å². The summed E-state index contributed by atoms with van der Waals surface area (Å²) in [5.41, 5.74) is -0.304. The summed E-state index contributed by atoms with van der Waals surface area (Å²) >= 11 is 1.55. The van der Waals surface area contributed by atoms with E-state index in [-0.39, 0.29) is 22.0 Å². The number of ether oxygens (including phenoxy) is 2. The van der Waals surface area contributed by atoms with Crippen molar-refractivity contribution >= 4 is 33.5 Å². The maximum atomic E-state index is 12.7. The quantitative estimate of drug-likeness (QED) is 0.372. The van der Waals surface area contributed by atoms with Gasteiger partial charge >= 0.3 is 5.97 Å². The number of esters is 1. The molecule has 0 atom stereocenters. The summed E-state index contributed by atoms with van der Waals surface area (Å²) in [5.74, 6) is -1.07. The van der Waals surface area contributed by atoms with Crippen LogP contribution in [0.2, 0.25) is 0 Å². The van der Waals surface area contributed by atoms with Gasteiger partial charge in [0.1, 0.15) is 10.6 Å². The largest absolute Gasteiger partial charge is 0.495 e. The molecule has 0 amide bonds. The molecular formula is C21H25NO6S2. The Bertz CT molecular complexity index is 1020. The molecule has 1 N–H and O–H groups in total. The third kappa shape index (κ3) is 6.32. The van der Waals surface area contributed by atoms with E-state index in [2.05, 4.69) is 4.72 Å². The number of hydrogen-bond donors (Lipinski definition) is 1. The standard InChI is InChI=1S/C21H25NO6S2/c1-21(2,3)22-30(25,26)19-12-15(8-11-18(19)27-4)20(24)28-13-17(23)14-6-9-16(29-5)10-7-14/h6-12,22H,13H2,1-5H3. The summed E-state index contributed by atoms with van der Waals surface area (Å²) in [6.07, 6.45) is 1.93. The van der Waals surface area contributed by atoms with E-state index < -0.39 is 28.1 Å². The second-order valence-electron chi connectivity index (χ2n) is 7.45. The maximum Gasteiger partial charge on any atom is 0.338 e. The first-order chi connectivity index (χ1) is 14.0. The Morgan fingerprint density at radius 1 is 1.03 bits per heavy atom. The number of carbonyl (C=O) groups is 2. The van der Waals surface area contributed by atoms with Gasteiger partial charge in [-0.25, -0.2) is 17.9 Å². The van der Waals surface area contributed by atoms with Crippen molar-refractivity contribution in [1.82, 2.24) is 4.72 Å². The summed E-state index contributed by atoms with van der Waals surface area (Å²) in [4.78, 5) is 25.5. The van der Waals surface area contributed by atoms with Gasteiger partial charge in [-0.2, -0.15) is 0 Å². The second-order valence-corrected chi connectivity index (χ2v) is 9.98. The lowest BCUT2D eigenvalue weighted by Gasteiger charge is -2.21. The highest BCUT2D eigenvalue weighted by molar-refractivity contribution is 7.98. The van der Waals surface area contributed by atoms with E-state index in [0.717, 1.165) is 4.90 Å². The minimum atomic E-state index is -3.95. The number of hydrogen-bond acceptors (Lipinski definition) is 7. The summed E-state index contributed by atoms with van der Waals surface area (Å²) in [5, 5.41) is 0. The summed E-state index contributed by atoms with van der Waals surface area (Å²) < 4.78 is 38.2. The normalized spacial score (nSPS) is 11.8. The molecular weight excluding hydrogens is 426 g/mol. The van der Waals surface area contributed by atoms with Gasteiger partial charge in [-0.3, -0.25) is 4.79 Å². The van der Waals surface area contributed by atoms with Crippen LogP contribution >= 0.6 is 11.8 Å². The van der Waals surface area contributed by atoms with Gasteiger partial charge in [-0.1, -0.05) is 12.1 Å². The van der Waals surface area contributed by atoms with Crippen molar-refractivity contribution in [3.8, 4) is 5.75 Å². The Morgan fingerprint density at radius 2 is 1.63 bits per heavy atom. The monoisotopic (exact) mass is 451 g/mol. The Labute approximate surface area is 181 Å². The van der Waals surface area contributed by atoms with Gasteiger partial charge in [0, 0.05) is 16.0 Å². The SMILES string of the molecule is COc1ccc(C(=O)OCC(=O)c2ccc(SC)cc2)cc1S(=O)(=O)NC(C)(C)C. The predicted molar refractivity (Wildman–Crippen MR) is 116 cm³/mol. The highest BCUT2D eigenvalue weighted by Crippen LogP contribution is 2.26. The van der Waals surface area contributed by atoms with Crippen molar-refractivity contribution < 1.29 is 27.5 Å². The number of nitrogens with one attached hydrogen (secondary N) is 1. The number of carbonyl (C=O) groups excluding carboxylic acids is 2. The number of sulfonamides is 1. The van der Waals surface area contributed by atoms with Crippen LogP contribution in [0.5, 0.6) is 5.75 Å². The van der Waals surface area contributed by atoms with Gasteiger partial charge in [0.15, 0.2) is 12.4 Å². The van der Waals surface area contributed by atoms with E-state index >= 15 is 0 Å². The molecule has 0 saturated carbocycles. The van der Waals surface area contributed by atoms with Crippen LogP contribution in [0.3, 0.4) is 0 Å². The first kappa shape index (κ1) is 23.9. The molecule has 9 heteroatoms. The van der Waals surface area contributed by atoms with E-state index in [4.69, 9.17) is 9.47 Å². The van der Waals surface area contributed by atoms with Crippen LogP contribution in [-0.4, -0.2) is 45.7 Å². The van der Waals surface area contributed by atoms with Crippen LogP contribution < -0.4 is 9.46 Å². The molecule has 0 unspecified atom stereocenters. The van der Waals surface area contributed by atoms with Crippen LogP contribution in [0.15, 0.2) is 52.3 Å². The zero-order valence-electron chi connectivity index (χ0n) is 17.5. The van der Waals surface area contributed by atoms with E-state index in [1.54, 1.807) is 44.7 Å². The summed E-state index contributed by atoms with van der Waals surface area (Å²) in [6, 6.07) is 10.9. The van der Waals surface area contributed by atoms with Gasteiger partial charge in [0.2, 0.25) is 10.0 Å². The molecule has 0 saturated heterocycles. The zero-order valence-corrected chi connectivity index (χ0v) is 19.1. The average Bonchev–Trinajstić information content (AvgIpc) is 2.69. The number of thioether (sulfide) groups is 1. The molecule has 0 aliphatic carbocycles. The molecule has 0 heterocycles. The summed E-state index contributed by atoms with van der Waals surface area (Å²) in [6.45, 7) is 4.65. The first-order valence-electron chi connectivity index (χ1n) is 9.03. The fraction of sp³-hybridized carbons (Fsp3) is 0.333. The number of benzene rings is 2. The molecule has 0 aliphatic rings. The molecule has 7 nitrogen and oxygen atoms in total. The zero-order chi connectivity index (χ0) is 22.5. The molecule has 0 aliphatic heterocycles. The predicted octanol–water partition coefficient (Wildman–Crippen LogP) is 3.53. The van der Waals surface area contributed by atoms with E-state index in [9.17, 15) is 18.0 Å². The van der Waals surface area contributed by atoms with Gasteiger partial charge in [-0.15, -0.1) is 11.8 Å². The topological polar surface area (TPSA) is 98.8 Å². The van der Waals surface area contributed by atoms with Crippen LogP contribution in [0, 0.1) is 0 Å². The van der Waals surface area contributed by atoms with Crippen LogP contribution in [-0.2, 0) is 14.8 Å². The summed E-state index contributed by atoms with van der Waals surface area (Å²) in [7, 11) is -2.61. The minimum absolute atomic E-state index is 0.00406. The molecule has 2 aromatic carbocycles. The van der Waals surface area contributed by atoms with Crippen LogP contribution in [0.1, 0.15) is 41.5 Å². The van der Waals surface area contributed by atoms with Crippen LogP contribution in [0.25, 0.3) is 0 Å². The van der Waals surface area contributed by atoms with E-state index in [1.807, 2.05) is 18.4 Å². The van der Waals surface area contributed by atoms with Crippen LogP contribution in [0.4, 0.5) is 0 Å². The highest BCUT2D eigenvalue weighted by atomic mass is 32.2. The molecule has 2 rings (SSSR count). The first-order valence-corrected chi connectivity index (χ1v) is 11.7. The van der Waals surface area contributed by atoms with Crippen molar-refractivity contribution in [2.45, 2.75) is 36.1 Å². The third-order valence-electron chi connectivity index (χ3n) is 3.88. The highest BCUT2D eigenvalue weighted by Gasteiger charge is 2.26. The van der Waals surface area contributed by atoms with Crippen molar-refractivity contribution in [2.75, 3.05) is 20.0 Å². The molecule has 0 bridgehead atoms. The molecule has 30 heavy (non-hydrogen) atoms. The smallest absolute Gasteiger partial charge is 0.338 e. The number of Topliss-reactive ketones (excluding diaryl/α,β-unsaturated/α-hetero) is 1. The van der Waals surface area contributed by atoms with E-state index in [1.165, 1.54) is 25.3 Å². The Kier molecular flexibility index (Phi) is 7.68. The lowest BCUT2D eigenvalue weighted by atomic mass is 10.1. The third-order valence-corrected chi connectivity index (χ3v) is 6.40. The molecule has 162 valence electrons. The van der Waals surface area contributed by atoms with Gasteiger partial charge < -0.3 is 9.47 Å². The lowest BCUT2D eigenvalue weighted by molar-refractivity contribution is 0.0474. The Balaban J connectivity index is 2.18. The van der Waals surface area contributed by atoms with Crippen molar-refractivity contribution in [3.63, 3.8) is 0 Å². The lowest BCUT2D eigenvalue weighted by Crippen LogP contribution is -2.40. The molecule has 0 radical (unpaired) electrons. The number of methoxy groups -OCH3 is 1. The number of ketones is 1. The van der Waals surface area contributed by atoms with Crippen molar-refractivity contribution in [3.05, 3.63) is 53.6 Å². The number of rotatable bonds is 8. The van der Waals surface area contributed by atoms with Gasteiger partial charge in [0.25, 0.3) is 0 Å². The fourth-order valence-corrected chi connectivity index (χ4v) is 4.57. The van der Waals surface area contributed by atoms with Gasteiger partial charge in [-0.05, 0) is 57.4 Å². The maximum absolute atomic E-state index is 12.7. The molecule has 0 fully saturated rings. The van der Waals surface area contributed by atoms with Crippen molar-refractivity contribution in [1.29, 1.82) is 0 Å². The molecule has 0 aromatic heterocycles. The van der Waals surface area contributed by atoms with Crippen molar-refractivity contribution in [2.24, 2.45) is 0 Å². The molecule has 2 aromatic rings. The Morgan fingerprint density at radius 3 is 2.17 bits per heavy atom. The second kappa shape index (κ2) is 9.63.